The van der Waals surface area contributed by atoms with Crippen LogP contribution in [0, 0.1) is 9.65 Å². The van der Waals surface area contributed by atoms with E-state index in [4.69, 9.17) is 4.74 Å². The first kappa shape index (κ1) is 16.5. The average molecular weight is 453 g/mol. The molecule has 2 aromatic heterocycles. The second-order valence-corrected chi connectivity index (χ2v) is 7.61. The normalized spacial score (nSPS) is 15.2. The molecule has 1 N–H and O–H groups in total. The third-order valence-electron chi connectivity index (χ3n) is 4.23. The fourth-order valence-corrected chi connectivity index (χ4v) is 3.43. The molecule has 1 aliphatic heterocycles. The van der Waals surface area contributed by atoms with Crippen molar-refractivity contribution >= 4 is 39.6 Å². The Morgan fingerprint density at radius 1 is 1.24 bits per heavy atom. The number of benzene rings is 1. The van der Waals surface area contributed by atoms with Crippen molar-refractivity contribution in [1.82, 2.24) is 19.5 Å². The number of hydrogen-bond donors (Lipinski definition) is 1. The number of rotatable bonds is 4. The van der Waals surface area contributed by atoms with Gasteiger partial charge in [-0.15, -0.1) is 0 Å². The first-order valence-corrected chi connectivity index (χ1v) is 9.09. The predicted molar refractivity (Wildman–Crippen MR) is 101 cm³/mol. The molecule has 0 amide bonds. The third kappa shape index (κ3) is 3.03. The summed E-state index contributed by atoms with van der Waals surface area (Å²) in [6.07, 6.45) is 0.762. The van der Waals surface area contributed by atoms with E-state index in [2.05, 4.69) is 56.7 Å². The maximum Gasteiger partial charge on any atom is 0.299 e. The van der Waals surface area contributed by atoms with Gasteiger partial charge in [0.05, 0.1) is 5.54 Å². The van der Waals surface area contributed by atoms with Crippen LogP contribution in [0.15, 0.2) is 24.3 Å². The van der Waals surface area contributed by atoms with Crippen LogP contribution in [-0.4, -0.2) is 32.7 Å². The summed E-state index contributed by atoms with van der Waals surface area (Å²) < 4.78 is 21.4. The number of hydrogen-bond acceptors (Lipinski definition) is 5. The molecule has 0 bridgehead atoms. The molecule has 1 aliphatic rings. The molecule has 3 aromatic rings. The van der Waals surface area contributed by atoms with E-state index in [-0.39, 0.29) is 11.4 Å². The lowest BCUT2D eigenvalue weighted by atomic mass is 10.1. The van der Waals surface area contributed by atoms with Crippen LogP contribution in [0.2, 0.25) is 0 Å². The number of nitrogens with one attached hydrogen (secondary N) is 1. The largest absolute Gasteiger partial charge is 0.462 e. The molecular weight excluding hydrogens is 436 g/mol. The van der Waals surface area contributed by atoms with Crippen LogP contribution < -0.4 is 10.1 Å². The second kappa shape index (κ2) is 6.08. The van der Waals surface area contributed by atoms with E-state index in [0.717, 1.165) is 17.6 Å². The van der Waals surface area contributed by atoms with Crippen molar-refractivity contribution in [3.63, 3.8) is 0 Å². The Hall–Kier alpha value is -1.97. The van der Waals surface area contributed by atoms with E-state index < -0.39 is 0 Å². The van der Waals surface area contributed by atoms with E-state index in [1.54, 1.807) is 12.1 Å². The van der Waals surface area contributed by atoms with Crippen molar-refractivity contribution in [2.45, 2.75) is 25.8 Å². The molecule has 130 valence electrons. The zero-order valence-electron chi connectivity index (χ0n) is 13.9. The first-order chi connectivity index (χ1) is 11.9. The lowest BCUT2D eigenvalue weighted by Crippen LogP contribution is -2.26. The highest BCUT2D eigenvalue weighted by atomic mass is 127. The van der Waals surface area contributed by atoms with Gasteiger partial charge < -0.3 is 10.1 Å². The Morgan fingerprint density at radius 3 is 2.76 bits per heavy atom. The lowest BCUT2D eigenvalue weighted by Gasteiger charge is -2.18. The molecule has 0 atom stereocenters. The molecule has 0 unspecified atom stereocenters. The number of nitrogens with zero attached hydrogens (tertiary/aromatic N) is 4. The average Bonchev–Trinajstić information content (AvgIpc) is 3.07. The maximum absolute atomic E-state index is 13.0. The molecule has 0 fully saturated rings. The minimum absolute atomic E-state index is 0.188. The van der Waals surface area contributed by atoms with E-state index in [1.807, 2.05) is 4.57 Å². The van der Waals surface area contributed by atoms with Crippen LogP contribution in [0.3, 0.4) is 0 Å². The van der Waals surface area contributed by atoms with E-state index >= 15 is 0 Å². The summed E-state index contributed by atoms with van der Waals surface area (Å²) in [4.78, 5) is 13.6. The molecule has 1 aromatic carbocycles. The summed E-state index contributed by atoms with van der Waals surface area (Å²) in [5.74, 6) is 0.469. The fraction of sp³-hybridized carbons (Fsp3) is 0.353. The molecule has 4 rings (SSSR count). The van der Waals surface area contributed by atoms with Crippen molar-refractivity contribution in [2.24, 2.45) is 0 Å². The maximum atomic E-state index is 13.0. The lowest BCUT2D eigenvalue weighted by molar-refractivity contribution is 0.268. The minimum atomic E-state index is -0.223. The molecule has 0 saturated carbocycles. The highest BCUT2D eigenvalue weighted by Crippen LogP contribution is 2.36. The highest BCUT2D eigenvalue weighted by molar-refractivity contribution is 14.1. The number of ether oxygens (including phenoxy) is 1. The van der Waals surface area contributed by atoms with Crippen molar-refractivity contribution in [3.05, 3.63) is 39.5 Å². The van der Waals surface area contributed by atoms with Gasteiger partial charge >= 0.3 is 0 Å². The molecule has 0 aliphatic carbocycles. The van der Waals surface area contributed by atoms with Crippen molar-refractivity contribution in [1.29, 1.82) is 0 Å². The van der Waals surface area contributed by atoms with E-state index in [1.165, 1.54) is 12.1 Å². The molecule has 0 radical (unpaired) electrons. The van der Waals surface area contributed by atoms with Gasteiger partial charge in [-0.1, -0.05) is 12.1 Å². The number of halogens is 2. The van der Waals surface area contributed by atoms with Crippen LogP contribution in [0.5, 0.6) is 6.01 Å². The summed E-state index contributed by atoms with van der Waals surface area (Å²) in [6.45, 7) is 5.45. The quantitative estimate of drug-likeness (QED) is 0.485. The van der Waals surface area contributed by atoms with Gasteiger partial charge in [-0.25, -0.2) is 14.4 Å². The van der Waals surface area contributed by atoms with Crippen LogP contribution >= 0.6 is 22.6 Å². The zero-order valence-corrected chi connectivity index (χ0v) is 16.0. The molecule has 3 heterocycles. The first-order valence-electron chi connectivity index (χ1n) is 8.02. The number of aromatic nitrogens is 4. The minimum Gasteiger partial charge on any atom is -0.462 e. The summed E-state index contributed by atoms with van der Waals surface area (Å²) in [7, 11) is 0. The predicted octanol–water partition coefficient (Wildman–Crippen LogP) is 3.35. The SMILES string of the molecule is CC1(C)COc2nc3c(NCCc4ccc(F)cc4)nc(I)nc3n21. The van der Waals surface area contributed by atoms with Crippen molar-refractivity contribution in [2.75, 3.05) is 18.5 Å². The Labute approximate surface area is 158 Å². The van der Waals surface area contributed by atoms with Gasteiger partial charge in [-0.2, -0.15) is 4.98 Å². The van der Waals surface area contributed by atoms with Crippen molar-refractivity contribution in [3.8, 4) is 6.01 Å². The van der Waals surface area contributed by atoms with Crippen molar-refractivity contribution < 1.29 is 9.13 Å². The number of anilines is 1. The van der Waals surface area contributed by atoms with Crippen LogP contribution in [0.4, 0.5) is 10.2 Å². The molecular formula is C17H17FIN5O. The topological polar surface area (TPSA) is 64.9 Å². The second-order valence-electron chi connectivity index (χ2n) is 6.65. The Balaban J connectivity index is 1.61. The third-order valence-corrected chi connectivity index (χ3v) is 4.71. The standard InChI is InChI=1S/C17H17FIN5O/c1-17(2)9-25-16-21-12-13(22-15(19)23-14(12)24(16)17)20-8-7-10-3-5-11(18)6-4-10/h3-6H,7-9H2,1-2H3,(H,20,22,23). The molecule has 8 heteroatoms. The summed E-state index contributed by atoms with van der Waals surface area (Å²) in [5, 5.41) is 3.33. The van der Waals surface area contributed by atoms with E-state index in [9.17, 15) is 4.39 Å². The molecule has 0 spiro atoms. The molecule has 25 heavy (non-hydrogen) atoms. The monoisotopic (exact) mass is 453 g/mol. The van der Waals surface area contributed by atoms with Gasteiger partial charge in [0.15, 0.2) is 20.8 Å². The number of fused-ring (bicyclic) bond motifs is 3. The molecule has 0 saturated heterocycles. The fourth-order valence-electron chi connectivity index (χ4n) is 2.96. The van der Waals surface area contributed by atoms with Gasteiger partial charge in [0.1, 0.15) is 12.4 Å². The Kier molecular flexibility index (Phi) is 4.01. The highest BCUT2D eigenvalue weighted by Gasteiger charge is 2.35. The Morgan fingerprint density at radius 2 is 2.00 bits per heavy atom. The smallest absolute Gasteiger partial charge is 0.299 e. The number of imidazole rings is 1. The van der Waals surface area contributed by atoms with Crippen LogP contribution in [0.1, 0.15) is 19.4 Å². The summed E-state index contributed by atoms with van der Waals surface area (Å²) in [5.41, 5.74) is 2.36. The summed E-state index contributed by atoms with van der Waals surface area (Å²) in [6, 6.07) is 7.11. The van der Waals surface area contributed by atoms with Crippen LogP contribution in [-0.2, 0) is 12.0 Å². The van der Waals surface area contributed by atoms with Crippen LogP contribution in [0.25, 0.3) is 11.2 Å². The van der Waals surface area contributed by atoms with Gasteiger partial charge in [0.2, 0.25) is 0 Å². The van der Waals surface area contributed by atoms with Gasteiger partial charge in [0.25, 0.3) is 6.01 Å². The molecule has 6 nitrogen and oxygen atoms in total. The Bertz CT molecular complexity index is 938. The zero-order chi connectivity index (χ0) is 17.6. The van der Waals surface area contributed by atoms with Gasteiger partial charge in [-0.05, 0) is 38.0 Å². The summed E-state index contributed by atoms with van der Waals surface area (Å²) >= 11 is 2.11. The van der Waals surface area contributed by atoms with Gasteiger partial charge in [-0.3, -0.25) is 4.57 Å². The van der Waals surface area contributed by atoms with E-state index in [0.29, 0.717) is 34.3 Å². The van der Waals surface area contributed by atoms with Gasteiger partial charge in [0, 0.05) is 29.1 Å².